The van der Waals surface area contributed by atoms with Crippen LogP contribution in [0.4, 0.5) is 0 Å². The van der Waals surface area contributed by atoms with E-state index in [0.717, 1.165) is 24.2 Å². The molecule has 0 heterocycles. The van der Waals surface area contributed by atoms with Crippen LogP contribution in [0.3, 0.4) is 0 Å². The summed E-state index contributed by atoms with van der Waals surface area (Å²) < 4.78 is 10.9. The van der Waals surface area contributed by atoms with E-state index in [2.05, 4.69) is 6.92 Å². The van der Waals surface area contributed by atoms with Crippen LogP contribution in [-0.4, -0.2) is 25.4 Å². The van der Waals surface area contributed by atoms with E-state index in [4.69, 9.17) is 20.3 Å². The zero-order valence-electron chi connectivity index (χ0n) is 11.2. The molecule has 1 rings (SSSR count). The second kappa shape index (κ2) is 7.95. The summed E-state index contributed by atoms with van der Waals surface area (Å²) >= 11 is 0. The van der Waals surface area contributed by atoms with Crippen molar-refractivity contribution < 1.29 is 14.6 Å². The van der Waals surface area contributed by atoms with Gasteiger partial charge in [0, 0.05) is 12.6 Å². The molecule has 0 unspecified atom stereocenters. The highest BCUT2D eigenvalue weighted by molar-refractivity contribution is 5.43. The molecular weight excluding hydrogens is 230 g/mol. The van der Waals surface area contributed by atoms with E-state index in [1.165, 1.54) is 0 Å². The van der Waals surface area contributed by atoms with Crippen molar-refractivity contribution in [3.63, 3.8) is 0 Å². The van der Waals surface area contributed by atoms with Crippen molar-refractivity contribution in [1.82, 2.24) is 0 Å². The number of aliphatic hydroxyl groups excluding tert-OH is 1. The summed E-state index contributed by atoms with van der Waals surface area (Å²) in [6.45, 7) is 2.90. The smallest absolute Gasteiger partial charge is 0.161 e. The van der Waals surface area contributed by atoms with Crippen LogP contribution in [0.15, 0.2) is 18.2 Å². The van der Waals surface area contributed by atoms with E-state index in [9.17, 15) is 0 Å². The van der Waals surface area contributed by atoms with Crippen LogP contribution < -0.4 is 15.2 Å². The first kappa shape index (κ1) is 14.8. The Labute approximate surface area is 109 Å². The summed E-state index contributed by atoms with van der Waals surface area (Å²) in [7, 11) is 1.62. The lowest BCUT2D eigenvalue weighted by Gasteiger charge is -2.15. The monoisotopic (exact) mass is 253 g/mol. The Morgan fingerprint density at radius 3 is 2.72 bits per heavy atom. The molecule has 0 radical (unpaired) electrons. The highest BCUT2D eigenvalue weighted by Gasteiger charge is 2.10. The molecular formula is C14H23NO3. The molecule has 1 atom stereocenters. The van der Waals surface area contributed by atoms with Gasteiger partial charge in [0.2, 0.25) is 0 Å². The average Bonchev–Trinajstić information content (AvgIpc) is 2.42. The molecule has 102 valence electrons. The van der Waals surface area contributed by atoms with Crippen molar-refractivity contribution in [1.29, 1.82) is 0 Å². The van der Waals surface area contributed by atoms with Gasteiger partial charge in [0.05, 0.1) is 13.7 Å². The lowest BCUT2D eigenvalue weighted by molar-refractivity contribution is 0.279. The van der Waals surface area contributed by atoms with Gasteiger partial charge in [-0.05, 0) is 37.0 Å². The Kier molecular flexibility index (Phi) is 6.54. The van der Waals surface area contributed by atoms with Gasteiger partial charge in [-0.2, -0.15) is 0 Å². The Balaban J connectivity index is 2.77. The maximum Gasteiger partial charge on any atom is 0.161 e. The summed E-state index contributed by atoms with van der Waals surface area (Å²) in [5.74, 6) is 1.46. The number of benzene rings is 1. The number of hydrogen-bond acceptors (Lipinski definition) is 4. The lowest BCUT2D eigenvalue weighted by Crippen LogP contribution is -2.11. The third-order valence-corrected chi connectivity index (χ3v) is 2.75. The van der Waals surface area contributed by atoms with Crippen molar-refractivity contribution >= 4 is 0 Å². The zero-order chi connectivity index (χ0) is 13.4. The third kappa shape index (κ3) is 4.20. The van der Waals surface area contributed by atoms with Crippen LogP contribution in [0.2, 0.25) is 0 Å². The summed E-state index contributed by atoms with van der Waals surface area (Å²) in [5.41, 5.74) is 7.05. The fraction of sp³-hybridized carbons (Fsp3) is 0.571. The van der Waals surface area contributed by atoms with Crippen LogP contribution >= 0.6 is 0 Å². The van der Waals surface area contributed by atoms with Gasteiger partial charge in [-0.1, -0.05) is 13.0 Å². The van der Waals surface area contributed by atoms with Crippen LogP contribution in [0.1, 0.15) is 37.8 Å². The zero-order valence-corrected chi connectivity index (χ0v) is 11.2. The van der Waals surface area contributed by atoms with E-state index >= 15 is 0 Å². The fourth-order valence-electron chi connectivity index (χ4n) is 1.72. The standard InChI is InChI=1S/C14H23NO3/c1-3-9-18-13-7-6-11(10-14(13)17-2)12(15)5-4-8-16/h6-7,10,12,16H,3-5,8-9,15H2,1-2H3/t12-/m0/s1. The van der Waals surface area contributed by atoms with Gasteiger partial charge < -0.3 is 20.3 Å². The molecule has 4 heteroatoms. The highest BCUT2D eigenvalue weighted by Crippen LogP contribution is 2.30. The lowest BCUT2D eigenvalue weighted by atomic mass is 10.0. The predicted octanol–water partition coefficient (Wildman–Crippen LogP) is 2.26. The van der Waals surface area contributed by atoms with Gasteiger partial charge in [-0.3, -0.25) is 0 Å². The quantitative estimate of drug-likeness (QED) is 0.746. The van der Waals surface area contributed by atoms with E-state index in [0.29, 0.717) is 18.8 Å². The summed E-state index contributed by atoms with van der Waals surface area (Å²) in [5, 5.41) is 8.80. The summed E-state index contributed by atoms with van der Waals surface area (Å²) in [6.07, 6.45) is 2.42. The normalized spacial score (nSPS) is 12.2. The van der Waals surface area contributed by atoms with Crippen molar-refractivity contribution in [2.24, 2.45) is 5.73 Å². The number of aliphatic hydroxyl groups is 1. The average molecular weight is 253 g/mol. The molecule has 0 saturated heterocycles. The minimum absolute atomic E-state index is 0.0775. The maximum absolute atomic E-state index is 8.80. The minimum Gasteiger partial charge on any atom is -0.493 e. The van der Waals surface area contributed by atoms with Crippen LogP contribution in [0, 0.1) is 0 Å². The molecule has 18 heavy (non-hydrogen) atoms. The van der Waals surface area contributed by atoms with E-state index < -0.39 is 0 Å². The molecule has 1 aromatic carbocycles. The Morgan fingerprint density at radius 2 is 2.11 bits per heavy atom. The van der Waals surface area contributed by atoms with E-state index in [1.807, 2.05) is 18.2 Å². The Hall–Kier alpha value is -1.26. The minimum atomic E-state index is -0.0775. The van der Waals surface area contributed by atoms with Crippen LogP contribution in [0.5, 0.6) is 11.5 Å². The van der Waals surface area contributed by atoms with Gasteiger partial charge in [0.15, 0.2) is 11.5 Å². The number of hydrogen-bond donors (Lipinski definition) is 2. The molecule has 0 aromatic heterocycles. The highest BCUT2D eigenvalue weighted by atomic mass is 16.5. The first-order chi connectivity index (χ1) is 8.72. The van der Waals surface area contributed by atoms with Crippen LogP contribution in [-0.2, 0) is 0 Å². The van der Waals surface area contributed by atoms with Crippen LogP contribution in [0.25, 0.3) is 0 Å². The van der Waals surface area contributed by atoms with E-state index in [-0.39, 0.29) is 12.6 Å². The van der Waals surface area contributed by atoms with Crippen molar-refractivity contribution in [3.8, 4) is 11.5 Å². The molecule has 0 amide bonds. The van der Waals surface area contributed by atoms with Gasteiger partial charge in [0.1, 0.15) is 0 Å². The second-order valence-electron chi connectivity index (χ2n) is 4.23. The fourth-order valence-corrected chi connectivity index (χ4v) is 1.72. The van der Waals surface area contributed by atoms with Gasteiger partial charge >= 0.3 is 0 Å². The molecule has 0 fully saturated rings. The molecule has 3 N–H and O–H groups in total. The van der Waals surface area contributed by atoms with Crippen molar-refractivity contribution in [2.45, 2.75) is 32.2 Å². The summed E-state index contributed by atoms with van der Waals surface area (Å²) in [6, 6.07) is 5.68. The van der Waals surface area contributed by atoms with Gasteiger partial charge in [-0.25, -0.2) is 0 Å². The van der Waals surface area contributed by atoms with Crippen molar-refractivity contribution in [2.75, 3.05) is 20.3 Å². The molecule has 0 saturated carbocycles. The number of rotatable bonds is 8. The SMILES string of the molecule is CCCOc1ccc([C@@H](N)CCCO)cc1OC. The Bertz CT molecular complexity index is 355. The molecule has 0 aliphatic heterocycles. The molecule has 0 bridgehead atoms. The number of methoxy groups -OCH3 is 1. The number of nitrogens with two attached hydrogens (primary N) is 1. The first-order valence-corrected chi connectivity index (χ1v) is 6.40. The maximum atomic E-state index is 8.80. The number of ether oxygens (including phenoxy) is 2. The van der Waals surface area contributed by atoms with Gasteiger partial charge in [0.25, 0.3) is 0 Å². The molecule has 1 aromatic rings. The third-order valence-electron chi connectivity index (χ3n) is 2.75. The summed E-state index contributed by atoms with van der Waals surface area (Å²) in [4.78, 5) is 0. The van der Waals surface area contributed by atoms with E-state index in [1.54, 1.807) is 7.11 Å². The first-order valence-electron chi connectivity index (χ1n) is 6.40. The Morgan fingerprint density at radius 1 is 1.33 bits per heavy atom. The van der Waals surface area contributed by atoms with Crippen molar-refractivity contribution in [3.05, 3.63) is 23.8 Å². The predicted molar refractivity (Wildman–Crippen MR) is 72.0 cm³/mol. The van der Waals surface area contributed by atoms with Gasteiger partial charge in [-0.15, -0.1) is 0 Å². The topological polar surface area (TPSA) is 64.7 Å². The second-order valence-corrected chi connectivity index (χ2v) is 4.23. The molecule has 4 nitrogen and oxygen atoms in total. The largest absolute Gasteiger partial charge is 0.493 e. The molecule has 0 aliphatic carbocycles. The molecule has 0 spiro atoms. The molecule has 0 aliphatic rings.